The van der Waals surface area contributed by atoms with Crippen molar-refractivity contribution in [2.45, 2.75) is 26.2 Å². The molecule has 0 unspecified atom stereocenters. The maximum absolute atomic E-state index is 11.0. The molecule has 0 aromatic rings. The van der Waals surface area contributed by atoms with Crippen LogP contribution >= 0.6 is 0 Å². The summed E-state index contributed by atoms with van der Waals surface area (Å²) in [6.07, 6.45) is 1.46. The lowest BCUT2D eigenvalue weighted by Gasteiger charge is -2.03. The van der Waals surface area contributed by atoms with E-state index >= 15 is 0 Å². The first-order valence-corrected chi connectivity index (χ1v) is 4.79. The summed E-state index contributed by atoms with van der Waals surface area (Å²) in [4.78, 5) is 21.3. The number of hydrogen-bond donors (Lipinski definition) is 2. The van der Waals surface area contributed by atoms with Gasteiger partial charge < -0.3 is 15.8 Å². The normalized spacial score (nSPS) is 9.79. The van der Waals surface area contributed by atoms with E-state index in [0.717, 1.165) is 6.42 Å². The maximum atomic E-state index is 11.0. The summed E-state index contributed by atoms with van der Waals surface area (Å²) in [6, 6.07) is 0. The van der Waals surface area contributed by atoms with E-state index in [0.29, 0.717) is 19.6 Å². The Kier molecular flexibility index (Phi) is 7.83. The van der Waals surface area contributed by atoms with Gasteiger partial charge in [-0.3, -0.25) is 9.59 Å². The van der Waals surface area contributed by atoms with Crippen LogP contribution in [0.4, 0.5) is 0 Å². The van der Waals surface area contributed by atoms with Gasteiger partial charge in [-0.15, -0.1) is 0 Å². The summed E-state index contributed by atoms with van der Waals surface area (Å²) < 4.78 is 5.03. The largest absolute Gasteiger partial charge is 0.380 e. The van der Waals surface area contributed by atoms with Crippen molar-refractivity contribution in [3.05, 3.63) is 0 Å². The van der Waals surface area contributed by atoms with Gasteiger partial charge >= 0.3 is 0 Å². The lowest BCUT2D eigenvalue weighted by molar-refractivity contribution is -0.122. The molecule has 5 nitrogen and oxygen atoms in total. The highest BCUT2D eigenvalue weighted by atomic mass is 16.5. The highest BCUT2D eigenvalue weighted by Gasteiger charge is 2.00. The third-order valence-electron chi connectivity index (χ3n) is 1.54. The molecule has 0 bridgehead atoms. The Bertz CT molecular complexity index is 183. The van der Waals surface area contributed by atoms with Gasteiger partial charge in [0.25, 0.3) is 0 Å². The van der Waals surface area contributed by atoms with Gasteiger partial charge in [0.15, 0.2) is 0 Å². The molecule has 0 heterocycles. The second-order valence-corrected chi connectivity index (χ2v) is 2.93. The molecule has 14 heavy (non-hydrogen) atoms. The van der Waals surface area contributed by atoms with Gasteiger partial charge in [0, 0.05) is 19.4 Å². The van der Waals surface area contributed by atoms with Gasteiger partial charge in [0.05, 0.1) is 13.2 Å². The van der Waals surface area contributed by atoms with Gasteiger partial charge in [-0.1, -0.05) is 6.92 Å². The number of rotatable bonds is 8. The average molecular weight is 202 g/mol. The van der Waals surface area contributed by atoms with E-state index in [1.807, 2.05) is 6.92 Å². The maximum Gasteiger partial charge on any atom is 0.222 e. The first-order valence-electron chi connectivity index (χ1n) is 4.79. The Hall–Kier alpha value is -1.10. The number of nitrogens with one attached hydrogen (secondary N) is 1. The predicted octanol–water partition coefficient (Wildman–Crippen LogP) is -0.205. The van der Waals surface area contributed by atoms with Gasteiger partial charge in [0.2, 0.25) is 11.8 Å². The van der Waals surface area contributed by atoms with Crippen molar-refractivity contribution in [3.8, 4) is 0 Å². The summed E-state index contributed by atoms with van der Waals surface area (Å²) in [7, 11) is 0. The van der Waals surface area contributed by atoms with E-state index in [-0.39, 0.29) is 24.8 Å². The number of hydrogen-bond acceptors (Lipinski definition) is 3. The Morgan fingerprint density at radius 2 is 1.93 bits per heavy atom. The third kappa shape index (κ3) is 8.99. The number of primary amides is 1. The quantitative estimate of drug-likeness (QED) is 0.534. The number of nitrogens with two attached hydrogens (primary N) is 1. The number of amides is 2. The molecule has 0 fully saturated rings. The molecule has 0 atom stereocenters. The summed E-state index contributed by atoms with van der Waals surface area (Å²) in [6.45, 7) is 3.31. The molecule has 2 amide bonds. The summed E-state index contributed by atoms with van der Waals surface area (Å²) in [5.41, 5.74) is 4.90. The Morgan fingerprint density at radius 3 is 2.50 bits per heavy atom. The monoisotopic (exact) mass is 202 g/mol. The van der Waals surface area contributed by atoms with E-state index in [2.05, 4.69) is 5.32 Å². The van der Waals surface area contributed by atoms with Crippen LogP contribution in [-0.4, -0.2) is 31.6 Å². The zero-order valence-corrected chi connectivity index (χ0v) is 8.54. The summed E-state index contributed by atoms with van der Waals surface area (Å²) >= 11 is 0. The van der Waals surface area contributed by atoms with Crippen LogP contribution in [0.2, 0.25) is 0 Å². The molecule has 0 aliphatic carbocycles. The fraction of sp³-hybridized carbons (Fsp3) is 0.778. The van der Waals surface area contributed by atoms with Gasteiger partial charge in [-0.05, 0) is 6.42 Å². The van der Waals surface area contributed by atoms with Crippen LogP contribution in [0.3, 0.4) is 0 Å². The molecule has 3 N–H and O–H groups in total. The van der Waals surface area contributed by atoms with Crippen molar-refractivity contribution >= 4 is 11.8 Å². The highest BCUT2D eigenvalue weighted by Crippen LogP contribution is 1.86. The summed E-state index contributed by atoms with van der Waals surface area (Å²) in [5.74, 6) is -0.411. The molecule has 0 spiro atoms. The molecule has 0 aromatic heterocycles. The van der Waals surface area contributed by atoms with Crippen molar-refractivity contribution in [1.82, 2.24) is 5.32 Å². The van der Waals surface area contributed by atoms with Crippen LogP contribution in [0.25, 0.3) is 0 Å². The molecule has 0 rings (SSSR count). The molecule has 82 valence electrons. The van der Waals surface area contributed by atoms with Crippen molar-refractivity contribution in [2.75, 3.05) is 19.8 Å². The van der Waals surface area contributed by atoms with Crippen molar-refractivity contribution in [2.24, 2.45) is 5.73 Å². The lowest BCUT2D eigenvalue weighted by Crippen LogP contribution is -2.25. The van der Waals surface area contributed by atoms with Crippen molar-refractivity contribution < 1.29 is 14.3 Å². The smallest absolute Gasteiger partial charge is 0.222 e. The van der Waals surface area contributed by atoms with E-state index in [4.69, 9.17) is 10.5 Å². The third-order valence-corrected chi connectivity index (χ3v) is 1.54. The number of carbonyl (C=O) groups is 2. The first kappa shape index (κ1) is 12.9. The highest BCUT2D eigenvalue weighted by molar-refractivity contribution is 5.76. The molecular weight excluding hydrogens is 184 g/mol. The predicted molar refractivity (Wildman–Crippen MR) is 52.5 cm³/mol. The van der Waals surface area contributed by atoms with Crippen LogP contribution in [0.15, 0.2) is 0 Å². The zero-order valence-electron chi connectivity index (χ0n) is 8.54. The van der Waals surface area contributed by atoms with Crippen LogP contribution in [0.5, 0.6) is 0 Å². The summed E-state index contributed by atoms with van der Waals surface area (Å²) in [5, 5.41) is 2.72. The minimum Gasteiger partial charge on any atom is -0.380 e. The minimum atomic E-state index is -0.388. The van der Waals surface area contributed by atoms with E-state index < -0.39 is 0 Å². The molecule has 0 radical (unpaired) electrons. The lowest BCUT2D eigenvalue weighted by atomic mass is 10.4. The molecule has 0 saturated heterocycles. The van der Waals surface area contributed by atoms with Gasteiger partial charge in [-0.25, -0.2) is 0 Å². The van der Waals surface area contributed by atoms with Gasteiger partial charge in [0.1, 0.15) is 0 Å². The molecule has 0 saturated carbocycles. The second-order valence-electron chi connectivity index (χ2n) is 2.93. The van der Waals surface area contributed by atoms with Crippen LogP contribution < -0.4 is 11.1 Å². The van der Waals surface area contributed by atoms with Gasteiger partial charge in [-0.2, -0.15) is 0 Å². The van der Waals surface area contributed by atoms with Crippen LogP contribution in [0, 0.1) is 0 Å². The standard InChI is InChI=1S/C9H18N2O3/c1-2-5-11-9(13)4-7-14-6-3-8(10)12/h2-7H2,1H3,(H2,10,12)(H,11,13). The number of carbonyl (C=O) groups excluding carboxylic acids is 2. The van der Waals surface area contributed by atoms with Crippen molar-refractivity contribution in [3.63, 3.8) is 0 Å². The Morgan fingerprint density at radius 1 is 1.29 bits per heavy atom. The van der Waals surface area contributed by atoms with Crippen molar-refractivity contribution in [1.29, 1.82) is 0 Å². The fourth-order valence-corrected chi connectivity index (χ4v) is 0.792. The Balaban J connectivity index is 3.19. The number of ether oxygens (including phenoxy) is 1. The molecular formula is C9H18N2O3. The first-order chi connectivity index (χ1) is 6.66. The van der Waals surface area contributed by atoms with E-state index in [9.17, 15) is 9.59 Å². The van der Waals surface area contributed by atoms with E-state index in [1.54, 1.807) is 0 Å². The molecule has 0 aliphatic rings. The average Bonchev–Trinajstić information content (AvgIpc) is 2.13. The topological polar surface area (TPSA) is 81.4 Å². The van der Waals surface area contributed by atoms with Crippen LogP contribution in [-0.2, 0) is 14.3 Å². The fourth-order valence-electron chi connectivity index (χ4n) is 0.792. The second kappa shape index (κ2) is 8.50. The Labute approximate surface area is 84.0 Å². The van der Waals surface area contributed by atoms with E-state index in [1.165, 1.54) is 0 Å². The molecule has 0 aliphatic heterocycles. The minimum absolute atomic E-state index is 0.0223. The zero-order chi connectivity index (χ0) is 10.8. The molecule has 0 aromatic carbocycles. The van der Waals surface area contributed by atoms with Crippen LogP contribution in [0.1, 0.15) is 26.2 Å². The molecule has 5 heteroatoms. The SMILES string of the molecule is CCCNC(=O)CCOCCC(N)=O.